The minimum Gasteiger partial charge on any atom is -0.440 e. The van der Waals surface area contributed by atoms with E-state index in [1.807, 2.05) is 6.92 Å². The van der Waals surface area contributed by atoms with Crippen molar-refractivity contribution in [2.45, 2.75) is 43.9 Å². The maximum Gasteiger partial charge on any atom is 0.255 e. The van der Waals surface area contributed by atoms with Gasteiger partial charge in [-0.3, -0.25) is 0 Å². The van der Waals surface area contributed by atoms with E-state index in [9.17, 15) is 0 Å². The van der Waals surface area contributed by atoms with Gasteiger partial charge in [-0.2, -0.15) is 0 Å². The lowest BCUT2D eigenvalue weighted by molar-refractivity contribution is 0.453. The van der Waals surface area contributed by atoms with Gasteiger partial charge >= 0.3 is 0 Å². The Morgan fingerprint density at radius 1 is 1.67 bits per heavy atom. The summed E-state index contributed by atoms with van der Waals surface area (Å²) in [6, 6.07) is 0.761. The van der Waals surface area contributed by atoms with Crippen molar-refractivity contribution in [3.63, 3.8) is 0 Å². The Balaban J connectivity index is 1.58. The van der Waals surface area contributed by atoms with Crippen molar-refractivity contribution in [1.29, 1.82) is 0 Å². The lowest BCUT2D eigenvalue weighted by Crippen LogP contribution is -2.20. The summed E-state index contributed by atoms with van der Waals surface area (Å²) < 4.78 is 5.27. The van der Waals surface area contributed by atoms with E-state index in [-0.39, 0.29) is 0 Å². The quantitative estimate of drug-likeness (QED) is 0.618. The number of oxazole rings is 1. The number of aromatic nitrogens is 1. The number of hydrogen-bond acceptors (Lipinski definition) is 4. The molecule has 1 aliphatic heterocycles. The summed E-state index contributed by atoms with van der Waals surface area (Å²) in [5.41, 5.74) is 0.968. The zero-order valence-electron chi connectivity index (χ0n) is 9.16. The van der Waals surface area contributed by atoms with Gasteiger partial charge in [0.2, 0.25) is 0 Å². The van der Waals surface area contributed by atoms with Crippen molar-refractivity contribution in [1.82, 2.24) is 10.3 Å². The van der Waals surface area contributed by atoms with Crippen molar-refractivity contribution in [2.24, 2.45) is 0 Å². The summed E-state index contributed by atoms with van der Waals surface area (Å²) in [5, 5.41) is 4.32. The van der Waals surface area contributed by atoms with Crippen molar-refractivity contribution in [3.8, 4) is 0 Å². The number of aryl methyl sites for hydroxylation is 1. The molecule has 1 N–H and O–H groups in total. The molecule has 84 valence electrons. The van der Waals surface area contributed by atoms with Crippen molar-refractivity contribution in [3.05, 3.63) is 12.0 Å². The van der Waals surface area contributed by atoms with E-state index < -0.39 is 0 Å². The first kappa shape index (κ1) is 11.0. The molecule has 0 amide bonds. The molecule has 1 aromatic rings. The minimum atomic E-state index is 0.761. The lowest BCUT2D eigenvalue weighted by atomic mass is 10.1. The van der Waals surface area contributed by atoms with Crippen LogP contribution in [0.25, 0.3) is 0 Å². The second kappa shape index (κ2) is 5.56. The molecule has 1 aromatic heterocycles. The Morgan fingerprint density at radius 3 is 3.27 bits per heavy atom. The van der Waals surface area contributed by atoms with Crippen LogP contribution < -0.4 is 5.32 Å². The molecule has 0 saturated carbocycles. The van der Waals surface area contributed by atoms with Crippen LogP contribution in [-0.2, 0) is 0 Å². The smallest absolute Gasteiger partial charge is 0.255 e. The molecule has 0 bridgehead atoms. The monoisotopic (exact) mass is 226 g/mol. The second-order valence-electron chi connectivity index (χ2n) is 4.04. The molecule has 1 atom stereocenters. The Bertz CT molecular complexity index is 295. The first-order chi connectivity index (χ1) is 7.34. The van der Waals surface area contributed by atoms with Crippen LogP contribution in [0, 0.1) is 6.92 Å². The first-order valence-electron chi connectivity index (χ1n) is 5.63. The fourth-order valence-corrected chi connectivity index (χ4v) is 2.70. The predicted octanol–water partition coefficient (Wildman–Crippen LogP) is 2.61. The standard InChI is InChI=1S/C11H18N2OS/c1-9-8-14-11(13-9)15-7-3-5-10-4-2-6-12-10/h8,10,12H,2-7H2,1H3. The summed E-state index contributed by atoms with van der Waals surface area (Å²) in [5.74, 6) is 1.11. The number of nitrogens with zero attached hydrogens (tertiary/aromatic N) is 1. The zero-order chi connectivity index (χ0) is 10.5. The van der Waals surface area contributed by atoms with Crippen molar-refractivity contribution < 1.29 is 4.42 Å². The van der Waals surface area contributed by atoms with Crippen molar-refractivity contribution in [2.75, 3.05) is 12.3 Å². The first-order valence-corrected chi connectivity index (χ1v) is 6.61. The molecule has 1 fully saturated rings. The topological polar surface area (TPSA) is 38.1 Å². The summed E-state index contributed by atoms with van der Waals surface area (Å²) in [4.78, 5) is 4.26. The number of thioether (sulfide) groups is 1. The molecule has 4 heteroatoms. The SMILES string of the molecule is Cc1coc(SCCCC2CCCN2)n1. The highest BCUT2D eigenvalue weighted by Gasteiger charge is 2.13. The highest BCUT2D eigenvalue weighted by molar-refractivity contribution is 7.99. The maximum atomic E-state index is 5.27. The molecule has 0 aliphatic carbocycles. The molecule has 1 saturated heterocycles. The Kier molecular flexibility index (Phi) is 4.09. The Hall–Kier alpha value is -0.480. The molecule has 1 aliphatic rings. The molecular formula is C11H18N2OS. The van der Waals surface area contributed by atoms with E-state index in [0.29, 0.717) is 0 Å². The highest BCUT2D eigenvalue weighted by Crippen LogP contribution is 2.19. The largest absolute Gasteiger partial charge is 0.440 e. The van der Waals surface area contributed by atoms with E-state index >= 15 is 0 Å². The minimum absolute atomic E-state index is 0.761. The van der Waals surface area contributed by atoms with Gasteiger partial charge < -0.3 is 9.73 Å². The van der Waals surface area contributed by atoms with Crippen LogP contribution in [0.1, 0.15) is 31.4 Å². The van der Waals surface area contributed by atoms with E-state index in [1.165, 1.54) is 32.2 Å². The van der Waals surface area contributed by atoms with E-state index in [4.69, 9.17) is 4.42 Å². The second-order valence-corrected chi connectivity index (χ2v) is 5.08. The van der Waals surface area contributed by atoms with Crippen LogP contribution in [0.4, 0.5) is 0 Å². The van der Waals surface area contributed by atoms with Crippen LogP contribution in [0.15, 0.2) is 15.9 Å². The third-order valence-electron chi connectivity index (χ3n) is 2.68. The molecule has 3 nitrogen and oxygen atoms in total. The summed E-state index contributed by atoms with van der Waals surface area (Å²) in [6.07, 6.45) is 6.93. The molecular weight excluding hydrogens is 208 g/mol. The zero-order valence-corrected chi connectivity index (χ0v) is 9.98. The number of nitrogens with one attached hydrogen (secondary N) is 1. The summed E-state index contributed by atoms with van der Waals surface area (Å²) in [7, 11) is 0. The van der Waals surface area contributed by atoms with Crippen LogP contribution in [0.2, 0.25) is 0 Å². The van der Waals surface area contributed by atoms with Gasteiger partial charge in [-0.15, -0.1) is 0 Å². The normalized spacial score (nSPS) is 21.0. The van der Waals surface area contributed by atoms with Crippen LogP contribution >= 0.6 is 11.8 Å². The fourth-order valence-electron chi connectivity index (χ4n) is 1.89. The van der Waals surface area contributed by atoms with E-state index in [1.54, 1.807) is 18.0 Å². The molecule has 2 heterocycles. The molecule has 1 unspecified atom stereocenters. The third kappa shape index (κ3) is 3.54. The van der Waals surface area contributed by atoms with Gasteiger partial charge in [0.05, 0.1) is 5.69 Å². The van der Waals surface area contributed by atoms with Crippen LogP contribution in [-0.4, -0.2) is 23.3 Å². The van der Waals surface area contributed by atoms with E-state index in [0.717, 1.165) is 22.7 Å². The van der Waals surface area contributed by atoms with Gasteiger partial charge in [0.25, 0.3) is 5.22 Å². The van der Waals surface area contributed by atoms with Crippen LogP contribution in [0.3, 0.4) is 0 Å². The predicted molar refractivity (Wildman–Crippen MR) is 62.2 cm³/mol. The Morgan fingerprint density at radius 2 is 2.60 bits per heavy atom. The summed E-state index contributed by atoms with van der Waals surface area (Å²) >= 11 is 1.72. The average Bonchev–Trinajstić information content (AvgIpc) is 2.84. The van der Waals surface area contributed by atoms with Crippen molar-refractivity contribution >= 4 is 11.8 Å². The molecule has 0 aromatic carbocycles. The van der Waals surface area contributed by atoms with Gasteiger partial charge in [0.1, 0.15) is 6.26 Å². The molecule has 0 radical (unpaired) electrons. The lowest BCUT2D eigenvalue weighted by Gasteiger charge is -2.08. The maximum absolute atomic E-state index is 5.27. The Labute approximate surface area is 95.0 Å². The van der Waals surface area contributed by atoms with E-state index in [2.05, 4.69) is 10.3 Å². The molecule has 0 spiro atoms. The van der Waals surface area contributed by atoms with Gasteiger partial charge in [0.15, 0.2) is 0 Å². The fraction of sp³-hybridized carbons (Fsp3) is 0.727. The summed E-state index contributed by atoms with van der Waals surface area (Å²) in [6.45, 7) is 3.16. The third-order valence-corrected chi connectivity index (χ3v) is 3.61. The van der Waals surface area contributed by atoms with Gasteiger partial charge in [0, 0.05) is 11.8 Å². The van der Waals surface area contributed by atoms with Crippen LogP contribution in [0.5, 0.6) is 0 Å². The number of rotatable bonds is 5. The average molecular weight is 226 g/mol. The highest BCUT2D eigenvalue weighted by atomic mass is 32.2. The molecule has 15 heavy (non-hydrogen) atoms. The van der Waals surface area contributed by atoms with Gasteiger partial charge in [-0.05, 0) is 39.2 Å². The van der Waals surface area contributed by atoms with Gasteiger partial charge in [-0.25, -0.2) is 4.98 Å². The van der Waals surface area contributed by atoms with Gasteiger partial charge in [-0.1, -0.05) is 11.8 Å². The molecule has 2 rings (SSSR count). The number of hydrogen-bond donors (Lipinski definition) is 1.